The van der Waals surface area contributed by atoms with Gasteiger partial charge in [0.1, 0.15) is 12.7 Å². The van der Waals surface area contributed by atoms with Gasteiger partial charge in [0, 0.05) is 38.6 Å². The summed E-state index contributed by atoms with van der Waals surface area (Å²) in [6.07, 6.45) is 4.77. The van der Waals surface area contributed by atoms with Crippen molar-refractivity contribution in [3.63, 3.8) is 0 Å². The van der Waals surface area contributed by atoms with Gasteiger partial charge in [-0.1, -0.05) is 13.3 Å². The molecular weight excluding hydrogens is 282 g/mol. The number of ether oxygens (including phenoxy) is 1. The Kier molecular flexibility index (Phi) is 5.04. The third-order valence-electron chi connectivity index (χ3n) is 4.82. The predicted octanol–water partition coefficient (Wildman–Crippen LogP) is 0.237. The number of carbonyl (C=O) groups excluding carboxylic acids is 1. The van der Waals surface area contributed by atoms with E-state index in [1.165, 1.54) is 6.33 Å². The fraction of sp³-hybridized carbons (Fsp3) is 0.800. The number of rotatable bonds is 5. The second-order valence-electron chi connectivity index (χ2n) is 6.09. The van der Waals surface area contributed by atoms with Crippen molar-refractivity contribution in [2.75, 3.05) is 39.4 Å². The van der Waals surface area contributed by atoms with Crippen molar-refractivity contribution >= 4 is 5.91 Å². The Bertz CT molecular complexity index is 472. The van der Waals surface area contributed by atoms with Crippen molar-refractivity contribution in [2.45, 2.75) is 32.4 Å². The molecule has 0 bridgehead atoms. The van der Waals surface area contributed by atoms with Gasteiger partial charge in [-0.2, -0.15) is 5.10 Å². The SMILES string of the molecule is CC[C@H]1CN(C(=O)CCn2cncn2)C[C@@H]1N1CCOCC1. The number of morpholine rings is 1. The zero-order valence-corrected chi connectivity index (χ0v) is 13.2. The van der Waals surface area contributed by atoms with Crippen molar-refractivity contribution in [1.82, 2.24) is 24.6 Å². The average Bonchev–Trinajstić information content (AvgIpc) is 3.22. The second-order valence-corrected chi connectivity index (χ2v) is 6.09. The van der Waals surface area contributed by atoms with E-state index in [0.717, 1.165) is 45.8 Å². The maximum Gasteiger partial charge on any atom is 0.224 e. The second kappa shape index (κ2) is 7.19. The van der Waals surface area contributed by atoms with Crippen molar-refractivity contribution in [3.05, 3.63) is 12.7 Å². The summed E-state index contributed by atoms with van der Waals surface area (Å²) in [7, 11) is 0. The van der Waals surface area contributed by atoms with E-state index in [9.17, 15) is 4.79 Å². The van der Waals surface area contributed by atoms with E-state index >= 15 is 0 Å². The van der Waals surface area contributed by atoms with Gasteiger partial charge in [-0.15, -0.1) is 0 Å². The van der Waals surface area contributed by atoms with Gasteiger partial charge in [-0.3, -0.25) is 14.4 Å². The summed E-state index contributed by atoms with van der Waals surface area (Å²) in [5.74, 6) is 0.804. The molecule has 0 unspecified atom stereocenters. The zero-order chi connectivity index (χ0) is 15.4. The molecule has 0 spiro atoms. The molecule has 1 aromatic rings. The molecule has 2 aliphatic heterocycles. The number of carbonyl (C=O) groups is 1. The predicted molar refractivity (Wildman–Crippen MR) is 81.2 cm³/mol. The lowest BCUT2D eigenvalue weighted by Gasteiger charge is -2.34. The molecule has 2 saturated heterocycles. The van der Waals surface area contributed by atoms with Gasteiger partial charge in [0.15, 0.2) is 0 Å². The molecule has 1 amide bonds. The highest BCUT2D eigenvalue weighted by atomic mass is 16.5. The van der Waals surface area contributed by atoms with Crippen molar-refractivity contribution in [3.8, 4) is 0 Å². The smallest absolute Gasteiger partial charge is 0.224 e. The minimum atomic E-state index is 0.227. The Morgan fingerprint density at radius 1 is 1.32 bits per heavy atom. The van der Waals surface area contributed by atoms with Gasteiger partial charge < -0.3 is 9.64 Å². The molecule has 2 fully saturated rings. The van der Waals surface area contributed by atoms with Crippen molar-refractivity contribution in [1.29, 1.82) is 0 Å². The van der Waals surface area contributed by atoms with Gasteiger partial charge in [-0.05, 0) is 5.92 Å². The van der Waals surface area contributed by atoms with Crippen LogP contribution >= 0.6 is 0 Å². The molecular formula is C15H25N5O2. The van der Waals surface area contributed by atoms with Crippen LogP contribution in [0.5, 0.6) is 0 Å². The minimum absolute atomic E-state index is 0.227. The molecule has 0 aromatic carbocycles. The lowest BCUT2D eigenvalue weighted by atomic mass is 9.99. The zero-order valence-electron chi connectivity index (χ0n) is 13.2. The Morgan fingerprint density at radius 3 is 2.82 bits per heavy atom. The molecule has 2 aliphatic rings. The highest BCUT2D eigenvalue weighted by Crippen LogP contribution is 2.26. The summed E-state index contributed by atoms with van der Waals surface area (Å²) in [6.45, 7) is 8.17. The topological polar surface area (TPSA) is 63.5 Å². The summed E-state index contributed by atoms with van der Waals surface area (Å²) >= 11 is 0. The number of aromatic nitrogens is 3. The molecule has 122 valence electrons. The molecule has 0 aliphatic carbocycles. The van der Waals surface area contributed by atoms with Crippen LogP contribution in [0.1, 0.15) is 19.8 Å². The van der Waals surface area contributed by atoms with Gasteiger partial charge in [0.05, 0.1) is 19.8 Å². The van der Waals surface area contributed by atoms with Crippen LogP contribution in [0.15, 0.2) is 12.7 Å². The fourth-order valence-corrected chi connectivity index (χ4v) is 3.50. The summed E-state index contributed by atoms with van der Waals surface area (Å²) in [5, 5.41) is 4.05. The molecule has 7 nitrogen and oxygen atoms in total. The monoisotopic (exact) mass is 307 g/mol. The first kappa shape index (κ1) is 15.4. The van der Waals surface area contributed by atoms with E-state index in [2.05, 4.69) is 21.9 Å². The van der Waals surface area contributed by atoms with Gasteiger partial charge in [-0.25, -0.2) is 4.98 Å². The lowest BCUT2D eigenvalue weighted by molar-refractivity contribution is -0.130. The Hall–Kier alpha value is -1.47. The summed E-state index contributed by atoms with van der Waals surface area (Å²) in [6, 6.07) is 0.490. The third kappa shape index (κ3) is 3.47. The van der Waals surface area contributed by atoms with Crippen LogP contribution in [0.2, 0.25) is 0 Å². The van der Waals surface area contributed by atoms with Gasteiger partial charge in [0.25, 0.3) is 0 Å². The average molecular weight is 307 g/mol. The fourth-order valence-electron chi connectivity index (χ4n) is 3.50. The molecule has 0 saturated carbocycles. The van der Waals surface area contributed by atoms with E-state index in [-0.39, 0.29) is 5.91 Å². The Balaban J connectivity index is 1.54. The van der Waals surface area contributed by atoms with Crippen LogP contribution in [0.4, 0.5) is 0 Å². The maximum absolute atomic E-state index is 12.5. The van der Waals surface area contributed by atoms with E-state index in [0.29, 0.717) is 24.9 Å². The lowest BCUT2D eigenvalue weighted by Crippen LogP contribution is -2.47. The summed E-state index contributed by atoms with van der Waals surface area (Å²) < 4.78 is 7.16. The number of hydrogen-bond acceptors (Lipinski definition) is 5. The standard InChI is InChI=1S/C15H25N5O2/c1-2-13-9-19(10-14(13)18-5-7-22-8-6-18)15(21)3-4-20-12-16-11-17-20/h11-14H,2-10H2,1H3/t13-,14-/m0/s1. The van der Waals surface area contributed by atoms with Crippen molar-refractivity contribution in [2.24, 2.45) is 5.92 Å². The molecule has 3 heterocycles. The molecule has 3 rings (SSSR count). The first-order valence-corrected chi connectivity index (χ1v) is 8.20. The van der Waals surface area contributed by atoms with Crippen LogP contribution in [-0.2, 0) is 16.1 Å². The first-order chi connectivity index (χ1) is 10.8. The maximum atomic E-state index is 12.5. The van der Waals surface area contributed by atoms with Crippen LogP contribution in [0.25, 0.3) is 0 Å². The van der Waals surface area contributed by atoms with Gasteiger partial charge >= 0.3 is 0 Å². The number of likely N-dealkylation sites (tertiary alicyclic amines) is 1. The van der Waals surface area contributed by atoms with E-state index < -0.39 is 0 Å². The molecule has 7 heteroatoms. The quantitative estimate of drug-likeness (QED) is 0.779. The van der Waals surface area contributed by atoms with E-state index in [4.69, 9.17) is 4.74 Å². The molecule has 0 N–H and O–H groups in total. The van der Waals surface area contributed by atoms with Crippen LogP contribution in [0, 0.1) is 5.92 Å². The minimum Gasteiger partial charge on any atom is -0.379 e. The van der Waals surface area contributed by atoms with E-state index in [1.807, 2.05) is 4.90 Å². The molecule has 2 atom stereocenters. The normalized spacial score (nSPS) is 26.5. The van der Waals surface area contributed by atoms with Crippen LogP contribution in [0.3, 0.4) is 0 Å². The highest BCUT2D eigenvalue weighted by molar-refractivity contribution is 5.76. The van der Waals surface area contributed by atoms with Crippen LogP contribution in [-0.4, -0.2) is 75.9 Å². The summed E-state index contributed by atoms with van der Waals surface area (Å²) in [4.78, 5) is 20.9. The molecule has 1 aromatic heterocycles. The number of amides is 1. The third-order valence-corrected chi connectivity index (χ3v) is 4.82. The largest absolute Gasteiger partial charge is 0.379 e. The van der Waals surface area contributed by atoms with E-state index in [1.54, 1.807) is 11.0 Å². The highest BCUT2D eigenvalue weighted by Gasteiger charge is 2.37. The number of nitrogens with zero attached hydrogens (tertiary/aromatic N) is 5. The number of aryl methyl sites for hydroxylation is 1. The number of hydrogen-bond donors (Lipinski definition) is 0. The Morgan fingerprint density at radius 2 is 2.14 bits per heavy atom. The van der Waals surface area contributed by atoms with Crippen molar-refractivity contribution < 1.29 is 9.53 Å². The molecule has 22 heavy (non-hydrogen) atoms. The Labute approximate surface area is 131 Å². The first-order valence-electron chi connectivity index (χ1n) is 8.20. The molecule has 0 radical (unpaired) electrons. The summed E-state index contributed by atoms with van der Waals surface area (Å²) in [5.41, 5.74) is 0. The van der Waals surface area contributed by atoms with Gasteiger partial charge in [0.2, 0.25) is 5.91 Å². The van der Waals surface area contributed by atoms with Crippen LogP contribution < -0.4 is 0 Å².